The summed E-state index contributed by atoms with van der Waals surface area (Å²) < 4.78 is 0. The number of nitrogens with zero attached hydrogens (tertiary/aromatic N) is 1. The molecule has 1 aromatic rings. The minimum atomic E-state index is -0.478. The van der Waals surface area contributed by atoms with Gasteiger partial charge in [0.25, 0.3) is 0 Å². The van der Waals surface area contributed by atoms with Crippen molar-refractivity contribution >= 4 is 23.0 Å². The Bertz CT molecular complexity index is 453. The number of nitro benzene ring substituents is 1. The van der Waals surface area contributed by atoms with Crippen LogP contribution in [0, 0.1) is 16.0 Å². The summed E-state index contributed by atoms with van der Waals surface area (Å²) in [5, 5.41) is 23.6. The molecule has 0 amide bonds. The third-order valence-corrected chi connectivity index (χ3v) is 3.57. The molecular formula is C12H15ClN2O3. The lowest BCUT2D eigenvalue weighted by Gasteiger charge is -2.12. The quantitative estimate of drug-likeness (QED) is 0.652. The highest BCUT2D eigenvalue weighted by Crippen LogP contribution is 2.33. The smallest absolute Gasteiger partial charge is 0.310 e. The summed E-state index contributed by atoms with van der Waals surface area (Å²) in [6.07, 6.45) is 2.28. The van der Waals surface area contributed by atoms with E-state index in [4.69, 9.17) is 11.6 Å². The van der Waals surface area contributed by atoms with E-state index in [9.17, 15) is 15.2 Å². The number of halogens is 1. The van der Waals surface area contributed by atoms with Crippen LogP contribution in [0.3, 0.4) is 0 Å². The van der Waals surface area contributed by atoms with Gasteiger partial charge in [-0.1, -0.05) is 17.7 Å². The molecule has 0 radical (unpaired) electrons. The highest BCUT2D eigenvalue weighted by molar-refractivity contribution is 6.33. The van der Waals surface area contributed by atoms with Gasteiger partial charge in [-0.05, 0) is 37.3 Å². The molecule has 98 valence electrons. The zero-order valence-electron chi connectivity index (χ0n) is 9.80. The molecular weight excluding hydrogens is 256 g/mol. The molecule has 5 nitrogen and oxygen atoms in total. The Morgan fingerprint density at radius 3 is 2.89 bits per heavy atom. The average Bonchev–Trinajstić information content (AvgIpc) is 2.72. The van der Waals surface area contributed by atoms with Gasteiger partial charge in [-0.15, -0.1) is 0 Å². The van der Waals surface area contributed by atoms with Crippen LogP contribution in [-0.4, -0.2) is 22.7 Å². The predicted octanol–water partition coefficient (Wildman–Crippen LogP) is 2.82. The molecule has 2 unspecified atom stereocenters. The predicted molar refractivity (Wildman–Crippen MR) is 69.9 cm³/mol. The van der Waals surface area contributed by atoms with Crippen LogP contribution < -0.4 is 5.32 Å². The molecule has 1 aliphatic rings. The SMILES string of the molecule is O=[N+]([O-])c1c(Cl)cccc1NCC1CCC(O)C1. The number of nitro groups is 1. The van der Waals surface area contributed by atoms with Crippen LogP contribution in [0.1, 0.15) is 19.3 Å². The van der Waals surface area contributed by atoms with Crippen molar-refractivity contribution in [2.45, 2.75) is 25.4 Å². The monoisotopic (exact) mass is 270 g/mol. The number of hydrogen-bond donors (Lipinski definition) is 2. The first kappa shape index (κ1) is 13.1. The van der Waals surface area contributed by atoms with Crippen molar-refractivity contribution in [1.29, 1.82) is 0 Å². The third kappa shape index (κ3) is 2.91. The van der Waals surface area contributed by atoms with Crippen molar-refractivity contribution in [1.82, 2.24) is 0 Å². The van der Waals surface area contributed by atoms with Gasteiger partial charge in [-0.3, -0.25) is 10.1 Å². The van der Waals surface area contributed by atoms with Gasteiger partial charge in [-0.25, -0.2) is 0 Å². The first-order valence-electron chi connectivity index (χ1n) is 5.92. The second-order valence-electron chi connectivity index (χ2n) is 4.61. The molecule has 0 bridgehead atoms. The molecule has 0 saturated heterocycles. The Morgan fingerprint density at radius 1 is 1.50 bits per heavy atom. The van der Waals surface area contributed by atoms with Gasteiger partial charge < -0.3 is 10.4 Å². The maximum atomic E-state index is 10.9. The normalized spacial score (nSPS) is 23.0. The molecule has 18 heavy (non-hydrogen) atoms. The summed E-state index contributed by atoms with van der Waals surface area (Å²) in [5.41, 5.74) is 0.353. The molecule has 1 saturated carbocycles. The first-order chi connectivity index (χ1) is 8.58. The molecule has 2 atom stereocenters. The lowest BCUT2D eigenvalue weighted by atomic mass is 10.1. The lowest BCUT2D eigenvalue weighted by molar-refractivity contribution is -0.383. The molecule has 0 spiro atoms. The van der Waals surface area contributed by atoms with E-state index in [1.165, 1.54) is 6.07 Å². The van der Waals surface area contributed by atoms with Crippen molar-refractivity contribution in [2.24, 2.45) is 5.92 Å². The number of anilines is 1. The molecule has 2 rings (SSSR count). The molecule has 6 heteroatoms. The van der Waals surface area contributed by atoms with Gasteiger partial charge in [0.2, 0.25) is 0 Å². The minimum Gasteiger partial charge on any atom is -0.393 e. The highest BCUT2D eigenvalue weighted by atomic mass is 35.5. The second-order valence-corrected chi connectivity index (χ2v) is 5.01. The van der Waals surface area contributed by atoms with Gasteiger partial charge in [-0.2, -0.15) is 0 Å². The van der Waals surface area contributed by atoms with Gasteiger partial charge in [0.1, 0.15) is 10.7 Å². The first-order valence-corrected chi connectivity index (χ1v) is 6.30. The Kier molecular flexibility index (Phi) is 4.04. The van der Waals surface area contributed by atoms with Crippen molar-refractivity contribution in [3.8, 4) is 0 Å². The summed E-state index contributed by atoms with van der Waals surface area (Å²) in [6, 6.07) is 4.83. The van der Waals surface area contributed by atoms with Crippen LogP contribution in [0.2, 0.25) is 5.02 Å². The fourth-order valence-electron chi connectivity index (χ4n) is 2.33. The van der Waals surface area contributed by atoms with E-state index in [2.05, 4.69) is 5.32 Å². The third-order valence-electron chi connectivity index (χ3n) is 3.26. The van der Waals surface area contributed by atoms with Crippen LogP contribution >= 0.6 is 11.6 Å². The number of aliphatic hydroxyl groups is 1. The summed E-state index contributed by atoms with van der Waals surface area (Å²) in [4.78, 5) is 10.5. The van der Waals surface area contributed by atoms with Crippen LogP contribution in [-0.2, 0) is 0 Å². The van der Waals surface area contributed by atoms with Gasteiger partial charge in [0, 0.05) is 6.54 Å². The summed E-state index contributed by atoms with van der Waals surface area (Å²) >= 11 is 5.82. The van der Waals surface area contributed by atoms with Crippen molar-refractivity contribution < 1.29 is 10.0 Å². The summed E-state index contributed by atoms with van der Waals surface area (Å²) in [5.74, 6) is 0.360. The maximum Gasteiger partial charge on any atom is 0.310 e. The number of nitrogens with one attached hydrogen (secondary N) is 1. The average molecular weight is 271 g/mol. The van der Waals surface area contributed by atoms with Crippen LogP contribution in [0.5, 0.6) is 0 Å². The molecule has 2 N–H and O–H groups in total. The zero-order valence-corrected chi connectivity index (χ0v) is 10.6. The van der Waals surface area contributed by atoms with E-state index < -0.39 is 4.92 Å². The highest BCUT2D eigenvalue weighted by Gasteiger charge is 2.24. The van der Waals surface area contributed by atoms with E-state index in [1.807, 2.05) is 0 Å². The largest absolute Gasteiger partial charge is 0.393 e. The number of aliphatic hydroxyl groups excluding tert-OH is 1. The zero-order chi connectivity index (χ0) is 13.1. The van der Waals surface area contributed by atoms with Crippen molar-refractivity contribution in [3.63, 3.8) is 0 Å². The number of benzene rings is 1. The Labute approximate surface area is 110 Å². The van der Waals surface area contributed by atoms with Gasteiger partial charge in [0.15, 0.2) is 0 Å². The Balaban J connectivity index is 2.05. The Hall–Kier alpha value is -1.33. The summed E-state index contributed by atoms with van der Waals surface area (Å²) in [7, 11) is 0. The van der Waals surface area contributed by atoms with Crippen LogP contribution in [0.25, 0.3) is 0 Å². The van der Waals surface area contributed by atoms with E-state index in [-0.39, 0.29) is 16.8 Å². The fourth-order valence-corrected chi connectivity index (χ4v) is 2.58. The standard InChI is InChI=1S/C12H15ClN2O3/c13-10-2-1-3-11(12(10)15(17)18)14-7-8-4-5-9(16)6-8/h1-3,8-9,14,16H,4-7H2. The number of rotatable bonds is 4. The molecule has 1 fully saturated rings. The Morgan fingerprint density at radius 2 is 2.28 bits per heavy atom. The molecule has 0 heterocycles. The topological polar surface area (TPSA) is 75.4 Å². The number of para-hydroxylation sites is 1. The molecule has 0 aromatic heterocycles. The van der Waals surface area contributed by atoms with Crippen molar-refractivity contribution in [3.05, 3.63) is 33.3 Å². The van der Waals surface area contributed by atoms with Crippen LogP contribution in [0.15, 0.2) is 18.2 Å². The van der Waals surface area contributed by atoms with E-state index in [0.717, 1.165) is 19.3 Å². The molecule has 1 aliphatic carbocycles. The fraction of sp³-hybridized carbons (Fsp3) is 0.500. The van der Waals surface area contributed by atoms with E-state index in [1.54, 1.807) is 12.1 Å². The number of hydrogen-bond acceptors (Lipinski definition) is 4. The molecule has 1 aromatic carbocycles. The minimum absolute atomic E-state index is 0.0855. The van der Waals surface area contributed by atoms with Crippen LogP contribution in [0.4, 0.5) is 11.4 Å². The second kappa shape index (κ2) is 5.54. The van der Waals surface area contributed by atoms with E-state index in [0.29, 0.717) is 18.2 Å². The van der Waals surface area contributed by atoms with E-state index >= 15 is 0 Å². The van der Waals surface area contributed by atoms with Gasteiger partial charge >= 0.3 is 5.69 Å². The maximum absolute atomic E-state index is 10.9. The molecule has 0 aliphatic heterocycles. The van der Waals surface area contributed by atoms with Crippen molar-refractivity contribution in [2.75, 3.05) is 11.9 Å². The van der Waals surface area contributed by atoms with Gasteiger partial charge in [0.05, 0.1) is 11.0 Å². The summed E-state index contributed by atoms with van der Waals surface area (Å²) in [6.45, 7) is 0.623. The lowest BCUT2D eigenvalue weighted by Crippen LogP contribution is -2.13.